The zero-order valence-corrected chi connectivity index (χ0v) is 15.4. The molecule has 2 heterocycles. The SMILES string of the molecule is Cc1[nH]c(=O)nc(N[C@@H]2C[C@H](CO)[C@@H](O)[C@H]2O)c1-c1nc2ccccc2s1. The second kappa shape index (κ2) is 7.01. The van der Waals surface area contributed by atoms with Crippen molar-refractivity contribution < 1.29 is 15.3 Å². The second-order valence-corrected chi connectivity index (χ2v) is 7.82. The average molecular weight is 388 g/mol. The van der Waals surface area contributed by atoms with E-state index in [1.54, 1.807) is 6.92 Å². The molecule has 0 amide bonds. The van der Waals surface area contributed by atoms with Gasteiger partial charge in [0.1, 0.15) is 16.9 Å². The molecule has 5 N–H and O–H groups in total. The van der Waals surface area contributed by atoms with Gasteiger partial charge in [0, 0.05) is 18.2 Å². The number of aromatic amines is 1. The molecule has 9 heteroatoms. The van der Waals surface area contributed by atoms with Gasteiger partial charge in [-0.05, 0) is 25.5 Å². The van der Waals surface area contributed by atoms with Gasteiger partial charge in [0.15, 0.2) is 0 Å². The third-order valence-corrected chi connectivity index (χ3v) is 6.04. The second-order valence-electron chi connectivity index (χ2n) is 6.79. The van der Waals surface area contributed by atoms with Crippen molar-refractivity contribution in [3.05, 3.63) is 40.4 Å². The van der Waals surface area contributed by atoms with Crippen LogP contribution >= 0.6 is 11.3 Å². The van der Waals surface area contributed by atoms with E-state index in [0.29, 0.717) is 28.5 Å². The van der Waals surface area contributed by atoms with Crippen LogP contribution in [0.4, 0.5) is 5.82 Å². The fourth-order valence-corrected chi connectivity index (χ4v) is 4.62. The maximum Gasteiger partial charge on any atom is 0.347 e. The van der Waals surface area contributed by atoms with Crippen molar-refractivity contribution in [2.45, 2.75) is 31.6 Å². The summed E-state index contributed by atoms with van der Waals surface area (Å²) in [7, 11) is 0. The molecule has 1 aliphatic rings. The summed E-state index contributed by atoms with van der Waals surface area (Å²) in [5.74, 6) is -0.114. The number of hydrogen-bond donors (Lipinski definition) is 5. The number of rotatable bonds is 4. The van der Waals surface area contributed by atoms with Gasteiger partial charge in [-0.2, -0.15) is 4.98 Å². The Kier molecular flexibility index (Phi) is 4.68. The largest absolute Gasteiger partial charge is 0.396 e. The number of thiazole rings is 1. The summed E-state index contributed by atoms with van der Waals surface area (Å²) in [5, 5.41) is 33.5. The van der Waals surface area contributed by atoms with Crippen molar-refractivity contribution in [3.8, 4) is 10.6 Å². The Hall–Kier alpha value is -2.33. The highest BCUT2D eigenvalue weighted by molar-refractivity contribution is 7.21. The number of fused-ring (bicyclic) bond motifs is 1. The highest BCUT2D eigenvalue weighted by Crippen LogP contribution is 2.36. The van der Waals surface area contributed by atoms with Gasteiger partial charge in [0.2, 0.25) is 0 Å². The Morgan fingerprint density at radius 3 is 2.74 bits per heavy atom. The molecule has 3 aromatic rings. The lowest BCUT2D eigenvalue weighted by atomic mass is 10.1. The van der Waals surface area contributed by atoms with Gasteiger partial charge in [-0.3, -0.25) is 0 Å². The Morgan fingerprint density at radius 2 is 2.04 bits per heavy atom. The summed E-state index contributed by atoms with van der Waals surface area (Å²) in [5.41, 5.74) is 1.62. The minimum Gasteiger partial charge on any atom is -0.396 e. The lowest BCUT2D eigenvalue weighted by Crippen LogP contribution is -2.36. The Balaban J connectivity index is 1.76. The third-order valence-electron chi connectivity index (χ3n) is 4.99. The summed E-state index contributed by atoms with van der Waals surface area (Å²) >= 11 is 1.48. The van der Waals surface area contributed by atoms with Crippen LogP contribution in [0.3, 0.4) is 0 Å². The zero-order valence-electron chi connectivity index (χ0n) is 14.6. The standard InChI is InChI=1S/C18H20N4O4S/c1-8-13(17-21-10-4-2-3-5-12(10)27-17)16(22-18(26)19-8)20-11-6-9(7-23)14(24)15(11)25/h2-5,9,11,14-15,23-25H,6-7H2,1H3,(H2,19,20,22,26)/t9-,11-,14-,15+/m1/s1. The average Bonchev–Trinajstić information content (AvgIpc) is 3.17. The number of aryl methyl sites for hydroxylation is 1. The van der Waals surface area contributed by atoms with Crippen molar-refractivity contribution >= 4 is 27.4 Å². The maximum atomic E-state index is 11.9. The number of para-hydroxylation sites is 1. The van der Waals surface area contributed by atoms with Crippen LogP contribution in [0.5, 0.6) is 0 Å². The van der Waals surface area contributed by atoms with E-state index < -0.39 is 29.9 Å². The van der Waals surface area contributed by atoms with Crippen LogP contribution in [0, 0.1) is 12.8 Å². The van der Waals surface area contributed by atoms with E-state index in [0.717, 1.165) is 10.2 Å². The molecule has 0 radical (unpaired) electrons. The van der Waals surface area contributed by atoms with E-state index in [1.807, 2.05) is 24.3 Å². The molecule has 8 nitrogen and oxygen atoms in total. The van der Waals surface area contributed by atoms with Gasteiger partial charge in [-0.1, -0.05) is 12.1 Å². The molecule has 1 saturated carbocycles. The van der Waals surface area contributed by atoms with Gasteiger partial charge in [0.05, 0.1) is 27.9 Å². The molecule has 4 rings (SSSR count). The number of nitrogens with zero attached hydrogens (tertiary/aromatic N) is 2. The number of anilines is 1. The molecule has 1 fully saturated rings. The zero-order chi connectivity index (χ0) is 19.1. The number of nitrogens with one attached hydrogen (secondary N) is 2. The van der Waals surface area contributed by atoms with Gasteiger partial charge in [0.25, 0.3) is 0 Å². The van der Waals surface area contributed by atoms with Crippen molar-refractivity contribution in [2.24, 2.45) is 5.92 Å². The first-order valence-corrected chi connectivity index (χ1v) is 9.50. The predicted octanol–water partition coefficient (Wildman–Crippen LogP) is 0.870. The Morgan fingerprint density at radius 1 is 1.26 bits per heavy atom. The molecular weight excluding hydrogens is 368 g/mol. The minimum atomic E-state index is -1.06. The molecule has 0 spiro atoms. The first-order valence-electron chi connectivity index (χ1n) is 8.68. The molecule has 0 aliphatic heterocycles. The highest BCUT2D eigenvalue weighted by Gasteiger charge is 2.41. The first kappa shape index (κ1) is 18.1. The number of aliphatic hydroxyl groups excluding tert-OH is 3. The van der Waals surface area contributed by atoms with Crippen LogP contribution in [-0.2, 0) is 0 Å². The minimum absolute atomic E-state index is 0.219. The van der Waals surface area contributed by atoms with Crippen LogP contribution in [0.25, 0.3) is 20.8 Å². The molecule has 0 bridgehead atoms. The fraction of sp³-hybridized carbons (Fsp3) is 0.389. The summed E-state index contributed by atoms with van der Waals surface area (Å²) in [6.07, 6.45) is -1.72. The normalized spacial score (nSPS) is 25.2. The van der Waals surface area contributed by atoms with Gasteiger partial charge in [-0.25, -0.2) is 9.78 Å². The molecule has 0 unspecified atom stereocenters. The summed E-state index contributed by atoms with van der Waals surface area (Å²) in [6.45, 7) is 1.55. The number of H-pyrrole nitrogens is 1. The molecule has 27 heavy (non-hydrogen) atoms. The van der Waals surface area contributed by atoms with E-state index in [1.165, 1.54) is 11.3 Å². The lowest BCUT2D eigenvalue weighted by molar-refractivity contribution is 0.00446. The lowest BCUT2D eigenvalue weighted by Gasteiger charge is -2.20. The van der Waals surface area contributed by atoms with Crippen LogP contribution in [0.2, 0.25) is 0 Å². The molecule has 4 atom stereocenters. The molecule has 1 aromatic carbocycles. The molecule has 0 saturated heterocycles. The van der Waals surface area contributed by atoms with Crippen LogP contribution in [0.15, 0.2) is 29.1 Å². The fourth-order valence-electron chi connectivity index (χ4n) is 3.56. The van der Waals surface area contributed by atoms with Crippen molar-refractivity contribution in [1.82, 2.24) is 15.0 Å². The molecule has 1 aliphatic carbocycles. The van der Waals surface area contributed by atoms with Crippen molar-refractivity contribution in [3.63, 3.8) is 0 Å². The quantitative estimate of drug-likeness (QED) is 0.448. The van der Waals surface area contributed by atoms with E-state index in [4.69, 9.17) is 0 Å². The van der Waals surface area contributed by atoms with E-state index in [-0.39, 0.29) is 6.61 Å². The number of benzene rings is 1. The van der Waals surface area contributed by atoms with Gasteiger partial charge in [-0.15, -0.1) is 11.3 Å². The number of aliphatic hydroxyl groups is 3. The first-order chi connectivity index (χ1) is 13.0. The third kappa shape index (κ3) is 3.23. The van der Waals surface area contributed by atoms with Crippen LogP contribution in [-0.4, -0.2) is 55.1 Å². The number of aromatic nitrogens is 3. The van der Waals surface area contributed by atoms with Gasteiger partial charge < -0.3 is 25.6 Å². The highest BCUT2D eigenvalue weighted by atomic mass is 32.1. The van der Waals surface area contributed by atoms with Crippen molar-refractivity contribution in [1.29, 1.82) is 0 Å². The summed E-state index contributed by atoms with van der Waals surface area (Å²) < 4.78 is 1.01. The summed E-state index contributed by atoms with van der Waals surface area (Å²) in [6, 6.07) is 7.21. The number of hydrogen-bond acceptors (Lipinski definition) is 8. The molecule has 142 valence electrons. The smallest absolute Gasteiger partial charge is 0.347 e. The van der Waals surface area contributed by atoms with Crippen molar-refractivity contribution in [2.75, 3.05) is 11.9 Å². The topological polar surface area (TPSA) is 131 Å². The summed E-state index contributed by atoms with van der Waals surface area (Å²) in [4.78, 5) is 23.3. The van der Waals surface area contributed by atoms with Crippen LogP contribution in [0.1, 0.15) is 12.1 Å². The predicted molar refractivity (Wildman–Crippen MR) is 103 cm³/mol. The Labute approximate surface area is 158 Å². The van der Waals surface area contributed by atoms with E-state index in [9.17, 15) is 20.1 Å². The van der Waals surface area contributed by atoms with Gasteiger partial charge >= 0.3 is 5.69 Å². The van der Waals surface area contributed by atoms with E-state index in [2.05, 4.69) is 20.3 Å². The molecular formula is C18H20N4O4S. The monoisotopic (exact) mass is 388 g/mol. The molecule has 2 aromatic heterocycles. The maximum absolute atomic E-state index is 11.9. The Bertz CT molecular complexity index is 1000. The van der Waals surface area contributed by atoms with Crippen LogP contribution < -0.4 is 11.0 Å². The van der Waals surface area contributed by atoms with E-state index >= 15 is 0 Å².